The lowest BCUT2D eigenvalue weighted by Gasteiger charge is -2.39. The molecule has 0 radical (unpaired) electrons. The van der Waals surface area contributed by atoms with Crippen LogP contribution in [0.2, 0.25) is 0 Å². The third kappa shape index (κ3) is 4.99. The second-order valence-corrected chi connectivity index (χ2v) is 11.1. The monoisotopic (exact) mass is 476 g/mol. The van der Waals surface area contributed by atoms with Crippen molar-refractivity contribution in [3.8, 4) is 11.5 Å². The van der Waals surface area contributed by atoms with Crippen molar-refractivity contribution in [2.45, 2.75) is 49.6 Å². The van der Waals surface area contributed by atoms with Gasteiger partial charge in [0.15, 0.2) is 0 Å². The summed E-state index contributed by atoms with van der Waals surface area (Å²) < 4.78 is 52.0. The van der Waals surface area contributed by atoms with Gasteiger partial charge in [-0.15, -0.1) is 0 Å². The highest BCUT2D eigenvalue weighted by Crippen LogP contribution is 2.41. The van der Waals surface area contributed by atoms with E-state index >= 15 is 0 Å². The van der Waals surface area contributed by atoms with Crippen molar-refractivity contribution in [2.24, 2.45) is 5.92 Å². The molecule has 4 rings (SSSR count). The molecule has 1 N–H and O–H groups in total. The van der Waals surface area contributed by atoms with Crippen molar-refractivity contribution < 1.29 is 27.1 Å². The van der Waals surface area contributed by atoms with Crippen LogP contribution in [0, 0.1) is 11.7 Å². The highest BCUT2D eigenvalue weighted by atomic mass is 32.2. The number of carbonyl (C=O) groups excluding carboxylic acids is 1. The number of rotatable bonds is 5. The molecule has 0 spiro atoms. The molecule has 0 aliphatic carbocycles. The molecule has 2 atom stereocenters. The van der Waals surface area contributed by atoms with E-state index in [0.717, 1.165) is 17.7 Å². The van der Waals surface area contributed by atoms with E-state index in [0.29, 0.717) is 37.3 Å². The van der Waals surface area contributed by atoms with Gasteiger partial charge < -0.3 is 14.8 Å². The van der Waals surface area contributed by atoms with Crippen molar-refractivity contribution in [2.75, 3.05) is 20.2 Å². The number of amides is 1. The number of piperidine rings is 1. The highest BCUT2D eigenvalue weighted by molar-refractivity contribution is 7.89. The summed E-state index contributed by atoms with van der Waals surface area (Å²) in [6.45, 7) is 4.35. The molecule has 0 bridgehead atoms. The molecule has 2 aromatic carbocycles. The van der Waals surface area contributed by atoms with Crippen molar-refractivity contribution >= 4 is 15.9 Å². The van der Waals surface area contributed by atoms with E-state index in [4.69, 9.17) is 9.47 Å². The summed E-state index contributed by atoms with van der Waals surface area (Å²) in [5, 5.41) is 3.13. The number of nitrogens with zero attached hydrogens (tertiary/aromatic N) is 1. The van der Waals surface area contributed by atoms with E-state index in [2.05, 4.69) is 5.32 Å². The first kappa shape index (κ1) is 23.5. The molecule has 1 amide bonds. The zero-order chi connectivity index (χ0) is 23.8. The molecule has 7 nitrogen and oxygen atoms in total. The fraction of sp³-hybridized carbons (Fsp3) is 0.458. The Kier molecular flexibility index (Phi) is 6.37. The van der Waals surface area contributed by atoms with Gasteiger partial charge in [0.1, 0.15) is 22.9 Å². The molecule has 0 aromatic heterocycles. The van der Waals surface area contributed by atoms with Crippen LogP contribution < -0.4 is 14.8 Å². The molecule has 0 unspecified atom stereocenters. The lowest BCUT2D eigenvalue weighted by atomic mass is 9.88. The summed E-state index contributed by atoms with van der Waals surface area (Å²) in [6.07, 6.45) is 1.74. The molecular weight excluding hydrogens is 447 g/mol. The number of ether oxygens (including phenoxy) is 2. The molecule has 2 aromatic rings. The smallest absolute Gasteiger partial charge is 0.243 e. The topological polar surface area (TPSA) is 84.9 Å². The summed E-state index contributed by atoms with van der Waals surface area (Å²) in [5.74, 6) is 0.202. The molecule has 2 aliphatic heterocycles. The van der Waals surface area contributed by atoms with Crippen molar-refractivity contribution in [1.82, 2.24) is 9.62 Å². The van der Waals surface area contributed by atoms with Gasteiger partial charge in [0.05, 0.1) is 24.0 Å². The summed E-state index contributed by atoms with van der Waals surface area (Å²) >= 11 is 0. The van der Waals surface area contributed by atoms with Crippen molar-refractivity contribution in [1.29, 1.82) is 0 Å². The summed E-state index contributed by atoms with van der Waals surface area (Å²) in [4.78, 5) is 13.3. The predicted octanol–water partition coefficient (Wildman–Crippen LogP) is 3.65. The largest absolute Gasteiger partial charge is 0.497 e. The van der Waals surface area contributed by atoms with E-state index in [1.54, 1.807) is 7.11 Å². The number of methoxy groups -OCH3 is 1. The predicted molar refractivity (Wildman–Crippen MR) is 121 cm³/mol. The molecule has 2 aliphatic rings. The molecule has 1 fully saturated rings. The van der Waals surface area contributed by atoms with Crippen LogP contribution in [0.4, 0.5) is 4.39 Å². The summed E-state index contributed by atoms with van der Waals surface area (Å²) in [7, 11) is -2.22. The number of hydrogen-bond acceptors (Lipinski definition) is 5. The Morgan fingerprint density at radius 1 is 1.21 bits per heavy atom. The third-order valence-corrected chi connectivity index (χ3v) is 8.08. The Hall–Kier alpha value is -2.65. The fourth-order valence-corrected chi connectivity index (χ4v) is 6.03. The van der Waals surface area contributed by atoms with Crippen molar-refractivity contribution in [3.63, 3.8) is 0 Å². The van der Waals surface area contributed by atoms with Gasteiger partial charge in [0.2, 0.25) is 15.9 Å². The van der Waals surface area contributed by atoms with Crippen LogP contribution in [0.25, 0.3) is 0 Å². The maximum atomic E-state index is 13.2. The average Bonchev–Trinajstić information content (AvgIpc) is 2.78. The average molecular weight is 477 g/mol. The van der Waals surface area contributed by atoms with Crippen LogP contribution in [0.3, 0.4) is 0 Å². The number of carbonyl (C=O) groups is 1. The minimum atomic E-state index is -3.80. The van der Waals surface area contributed by atoms with Crippen LogP contribution in [0.1, 0.15) is 44.7 Å². The summed E-state index contributed by atoms with van der Waals surface area (Å²) in [6, 6.07) is 9.99. The second kappa shape index (κ2) is 8.95. The minimum Gasteiger partial charge on any atom is -0.497 e. The van der Waals surface area contributed by atoms with Gasteiger partial charge in [-0.25, -0.2) is 12.8 Å². The SMILES string of the molecule is COc1ccc2c(c1)[C@H](NC(=O)[C@@H]1CCCN(S(=O)(=O)c3ccc(F)cc3)C1)CC(C)(C)O2. The number of hydrogen-bond donors (Lipinski definition) is 1. The fourth-order valence-electron chi connectivity index (χ4n) is 4.51. The van der Waals surface area contributed by atoms with Crippen LogP contribution in [-0.2, 0) is 14.8 Å². The standard InChI is InChI=1S/C24H29FN2O5S/c1-24(2)14-21(20-13-18(31-3)8-11-22(20)32-24)26-23(28)16-5-4-12-27(15-16)33(29,30)19-9-6-17(25)7-10-19/h6-11,13,16,21H,4-5,12,14-15H2,1-3H3,(H,26,28)/t16-,21-/m1/s1. The number of benzene rings is 2. The van der Waals surface area contributed by atoms with E-state index in [1.165, 1.54) is 16.4 Å². The second-order valence-electron chi connectivity index (χ2n) is 9.19. The van der Waals surface area contributed by atoms with E-state index in [1.807, 2.05) is 32.0 Å². The minimum absolute atomic E-state index is 0.0251. The Bertz CT molecular complexity index is 1130. The Balaban J connectivity index is 1.51. The van der Waals surface area contributed by atoms with Crippen molar-refractivity contribution in [3.05, 3.63) is 53.8 Å². The van der Waals surface area contributed by atoms with Gasteiger partial charge in [-0.1, -0.05) is 0 Å². The van der Waals surface area contributed by atoms with E-state index in [-0.39, 0.29) is 23.4 Å². The van der Waals surface area contributed by atoms with E-state index < -0.39 is 27.4 Å². The number of nitrogens with one attached hydrogen (secondary N) is 1. The number of sulfonamides is 1. The maximum absolute atomic E-state index is 13.2. The Morgan fingerprint density at radius 3 is 2.64 bits per heavy atom. The zero-order valence-corrected chi connectivity index (χ0v) is 19.8. The van der Waals surface area contributed by atoms with Gasteiger partial charge in [-0.3, -0.25) is 4.79 Å². The van der Waals surface area contributed by atoms with E-state index in [9.17, 15) is 17.6 Å². The molecular formula is C24H29FN2O5S. The highest BCUT2D eigenvalue weighted by Gasteiger charge is 2.38. The van der Waals surface area contributed by atoms with Crippen LogP contribution >= 0.6 is 0 Å². The van der Waals surface area contributed by atoms with Crippen LogP contribution in [0.5, 0.6) is 11.5 Å². The molecule has 9 heteroatoms. The van der Waals surface area contributed by atoms with Gasteiger partial charge in [-0.05, 0) is 69.2 Å². The third-order valence-electron chi connectivity index (χ3n) is 6.20. The molecule has 0 saturated carbocycles. The maximum Gasteiger partial charge on any atom is 0.243 e. The normalized spacial score (nSPS) is 22.7. The first-order chi connectivity index (χ1) is 15.6. The molecule has 178 valence electrons. The Morgan fingerprint density at radius 2 is 1.94 bits per heavy atom. The lowest BCUT2D eigenvalue weighted by Crippen LogP contribution is -2.48. The van der Waals surface area contributed by atoms with Gasteiger partial charge in [0, 0.05) is 25.1 Å². The van der Waals surface area contributed by atoms with Crippen LogP contribution in [-0.4, -0.2) is 44.4 Å². The van der Waals surface area contributed by atoms with Gasteiger partial charge >= 0.3 is 0 Å². The lowest BCUT2D eigenvalue weighted by molar-refractivity contribution is -0.127. The summed E-state index contributed by atoms with van der Waals surface area (Å²) in [5.41, 5.74) is 0.373. The van der Waals surface area contributed by atoms with Crippen LogP contribution in [0.15, 0.2) is 47.4 Å². The first-order valence-corrected chi connectivity index (χ1v) is 12.5. The first-order valence-electron chi connectivity index (χ1n) is 11.0. The molecule has 33 heavy (non-hydrogen) atoms. The molecule has 1 saturated heterocycles. The number of halogens is 1. The number of fused-ring (bicyclic) bond motifs is 1. The molecule has 2 heterocycles. The zero-order valence-electron chi connectivity index (χ0n) is 19.0. The van der Waals surface area contributed by atoms with Gasteiger partial charge in [-0.2, -0.15) is 4.31 Å². The Labute approximate surface area is 193 Å². The quantitative estimate of drug-likeness (QED) is 0.712. The van der Waals surface area contributed by atoms with Gasteiger partial charge in [0.25, 0.3) is 0 Å².